The molecule has 94 valence electrons. The second-order valence-corrected chi connectivity index (χ2v) is 4.93. The maximum absolute atomic E-state index is 5.88. The van der Waals surface area contributed by atoms with Gasteiger partial charge in [0.15, 0.2) is 5.84 Å². The van der Waals surface area contributed by atoms with Crippen LogP contribution in [0.2, 0.25) is 5.02 Å². The summed E-state index contributed by atoms with van der Waals surface area (Å²) in [5.74, 6) is 0.819. The molecule has 0 amide bonds. The van der Waals surface area contributed by atoms with Crippen molar-refractivity contribution in [2.45, 2.75) is 12.5 Å². The molecule has 1 aliphatic rings. The van der Waals surface area contributed by atoms with Gasteiger partial charge in [-0.3, -0.25) is 4.99 Å². The van der Waals surface area contributed by atoms with Crippen LogP contribution in [-0.2, 0) is 6.42 Å². The molecule has 1 atom stereocenters. The van der Waals surface area contributed by atoms with Crippen molar-refractivity contribution in [2.24, 2.45) is 9.98 Å². The zero-order valence-corrected chi connectivity index (χ0v) is 11.1. The molecule has 0 fully saturated rings. The fourth-order valence-electron chi connectivity index (χ4n) is 2.08. The van der Waals surface area contributed by atoms with Crippen LogP contribution in [0.3, 0.4) is 0 Å². The molecule has 2 aromatic rings. The maximum atomic E-state index is 5.88. The fourth-order valence-corrected chi connectivity index (χ4v) is 2.20. The number of hydrogen-bond donors (Lipinski definition) is 0. The van der Waals surface area contributed by atoms with Gasteiger partial charge in [-0.05, 0) is 24.1 Å². The number of halogens is 1. The largest absolute Gasteiger partial charge is 0.257 e. The van der Waals surface area contributed by atoms with Crippen molar-refractivity contribution >= 4 is 23.7 Å². The smallest absolute Gasteiger partial charge is 0.154 e. The van der Waals surface area contributed by atoms with Gasteiger partial charge in [0.25, 0.3) is 0 Å². The molecular formula is C16H13ClN2. The first kappa shape index (κ1) is 12.1. The molecule has 0 radical (unpaired) electrons. The first-order chi connectivity index (χ1) is 9.31. The van der Waals surface area contributed by atoms with Crippen LogP contribution < -0.4 is 0 Å². The van der Waals surface area contributed by atoms with E-state index in [0.29, 0.717) is 0 Å². The normalized spacial score (nSPS) is 17.5. The highest BCUT2D eigenvalue weighted by Crippen LogP contribution is 2.15. The lowest BCUT2D eigenvalue weighted by Crippen LogP contribution is -2.07. The Labute approximate surface area is 117 Å². The van der Waals surface area contributed by atoms with Gasteiger partial charge < -0.3 is 0 Å². The van der Waals surface area contributed by atoms with E-state index in [0.717, 1.165) is 22.8 Å². The lowest BCUT2D eigenvalue weighted by atomic mass is 10.1. The molecule has 0 N–H and O–H groups in total. The third-order valence-corrected chi connectivity index (χ3v) is 3.30. The van der Waals surface area contributed by atoms with Gasteiger partial charge in [0.1, 0.15) is 0 Å². The Kier molecular flexibility index (Phi) is 3.43. The number of aliphatic imine (C=N–C) groups is 2. The Morgan fingerprint density at radius 3 is 2.42 bits per heavy atom. The third kappa shape index (κ3) is 2.91. The second kappa shape index (κ2) is 5.37. The summed E-state index contributed by atoms with van der Waals surface area (Å²) in [6, 6.07) is 18.1. The van der Waals surface area contributed by atoms with Gasteiger partial charge in [-0.1, -0.05) is 54.1 Å². The van der Waals surface area contributed by atoms with Gasteiger partial charge in [0, 0.05) is 16.8 Å². The first-order valence-corrected chi connectivity index (χ1v) is 6.61. The average molecular weight is 269 g/mol. The summed E-state index contributed by atoms with van der Waals surface area (Å²) in [6.07, 6.45) is 2.77. The predicted molar refractivity (Wildman–Crippen MR) is 80.4 cm³/mol. The molecule has 0 aromatic heterocycles. The zero-order chi connectivity index (χ0) is 13.1. The molecule has 1 unspecified atom stereocenters. The van der Waals surface area contributed by atoms with Crippen LogP contribution in [-0.4, -0.2) is 18.1 Å². The van der Waals surface area contributed by atoms with E-state index in [-0.39, 0.29) is 6.04 Å². The highest BCUT2D eigenvalue weighted by Gasteiger charge is 2.14. The molecule has 19 heavy (non-hydrogen) atoms. The molecule has 1 aliphatic heterocycles. The van der Waals surface area contributed by atoms with Gasteiger partial charge in [-0.25, -0.2) is 4.99 Å². The van der Waals surface area contributed by atoms with Gasteiger partial charge in [-0.2, -0.15) is 0 Å². The van der Waals surface area contributed by atoms with Crippen molar-refractivity contribution in [3.8, 4) is 0 Å². The highest BCUT2D eigenvalue weighted by molar-refractivity contribution is 6.30. The molecule has 1 heterocycles. The molecule has 0 saturated heterocycles. The molecule has 0 saturated carbocycles. The van der Waals surface area contributed by atoms with Crippen molar-refractivity contribution in [2.75, 3.05) is 0 Å². The molecule has 2 nitrogen and oxygen atoms in total. The van der Waals surface area contributed by atoms with E-state index in [1.165, 1.54) is 5.56 Å². The van der Waals surface area contributed by atoms with E-state index in [2.05, 4.69) is 9.98 Å². The van der Waals surface area contributed by atoms with Crippen molar-refractivity contribution in [1.29, 1.82) is 0 Å². The minimum absolute atomic E-state index is 0.122. The molecule has 2 aromatic carbocycles. The van der Waals surface area contributed by atoms with Crippen LogP contribution in [0.1, 0.15) is 11.1 Å². The van der Waals surface area contributed by atoms with Crippen molar-refractivity contribution in [3.05, 3.63) is 70.7 Å². The predicted octanol–water partition coefficient (Wildman–Crippen LogP) is 3.78. The Balaban J connectivity index is 1.74. The van der Waals surface area contributed by atoms with Crippen LogP contribution in [0.15, 0.2) is 64.6 Å². The van der Waals surface area contributed by atoms with Crippen molar-refractivity contribution in [3.63, 3.8) is 0 Å². The Morgan fingerprint density at radius 2 is 1.68 bits per heavy atom. The molecular weight excluding hydrogens is 256 g/mol. The van der Waals surface area contributed by atoms with Gasteiger partial charge in [-0.15, -0.1) is 0 Å². The SMILES string of the molecule is Clc1ccc(CC2C=NC(c3ccccc3)=N2)cc1. The summed E-state index contributed by atoms with van der Waals surface area (Å²) in [5.41, 5.74) is 2.29. The standard InChI is InChI=1S/C16H13ClN2/c17-14-8-6-12(7-9-14)10-15-11-18-16(19-15)13-4-2-1-3-5-13/h1-9,11,15H,10H2. The lowest BCUT2D eigenvalue weighted by Gasteiger charge is -2.04. The summed E-state index contributed by atoms with van der Waals surface area (Å²) in [6.45, 7) is 0. The minimum atomic E-state index is 0.122. The minimum Gasteiger partial charge on any atom is -0.257 e. The monoisotopic (exact) mass is 268 g/mol. The molecule has 0 bridgehead atoms. The summed E-state index contributed by atoms with van der Waals surface area (Å²) in [7, 11) is 0. The highest BCUT2D eigenvalue weighted by atomic mass is 35.5. The van der Waals surface area contributed by atoms with E-state index in [1.54, 1.807) is 0 Å². The average Bonchev–Trinajstić information content (AvgIpc) is 2.91. The van der Waals surface area contributed by atoms with E-state index < -0.39 is 0 Å². The summed E-state index contributed by atoms with van der Waals surface area (Å²) in [5, 5.41) is 0.761. The lowest BCUT2D eigenvalue weighted by molar-refractivity contribution is 0.880. The van der Waals surface area contributed by atoms with E-state index in [4.69, 9.17) is 11.6 Å². The number of benzene rings is 2. The van der Waals surface area contributed by atoms with Gasteiger partial charge >= 0.3 is 0 Å². The van der Waals surface area contributed by atoms with Crippen LogP contribution >= 0.6 is 11.6 Å². The van der Waals surface area contributed by atoms with E-state index in [1.807, 2.05) is 60.8 Å². The summed E-state index contributed by atoms with van der Waals surface area (Å²) >= 11 is 5.88. The molecule has 0 spiro atoms. The maximum Gasteiger partial charge on any atom is 0.154 e. The molecule has 3 rings (SSSR count). The Bertz CT molecular complexity index is 615. The number of nitrogens with zero attached hydrogens (tertiary/aromatic N) is 2. The number of amidine groups is 1. The number of hydrogen-bond acceptors (Lipinski definition) is 2. The quantitative estimate of drug-likeness (QED) is 0.809. The molecule has 0 aliphatic carbocycles. The fraction of sp³-hybridized carbons (Fsp3) is 0.125. The van der Waals surface area contributed by atoms with Crippen LogP contribution in [0.5, 0.6) is 0 Å². The van der Waals surface area contributed by atoms with Crippen LogP contribution in [0.25, 0.3) is 0 Å². The van der Waals surface area contributed by atoms with Crippen molar-refractivity contribution < 1.29 is 0 Å². The Hall–Kier alpha value is -1.93. The van der Waals surface area contributed by atoms with E-state index >= 15 is 0 Å². The number of rotatable bonds is 3. The van der Waals surface area contributed by atoms with Crippen LogP contribution in [0.4, 0.5) is 0 Å². The first-order valence-electron chi connectivity index (χ1n) is 6.23. The Morgan fingerprint density at radius 1 is 0.947 bits per heavy atom. The van der Waals surface area contributed by atoms with E-state index in [9.17, 15) is 0 Å². The zero-order valence-electron chi connectivity index (χ0n) is 10.3. The molecule has 3 heteroatoms. The topological polar surface area (TPSA) is 24.7 Å². The summed E-state index contributed by atoms with van der Waals surface area (Å²) < 4.78 is 0. The second-order valence-electron chi connectivity index (χ2n) is 4.49. The van der Waals surface area contributed by atoms with Crippen molar-refractivity contribution in [1.82, 2.24) is 0 Å². The van der Waals surface area contributed by atoms with Gasteiger partial charge in [0.05, 0.1) is 6.04 Å². The third-order valence-electron chi connectivity index (χ3n) is 3.05. The summed E-state index contributed by atoms with van der Waals surface area (Å²) in [4.78, 5) is 9.04. The van der Waals surface area contributed by atoms with Crippen LogP contribution in [0, 0.1) is 0 Å². The van der Waals surface area contributed by atoms with Gasteiger partial charge in [0.2, 0.25) is 0 Å².